The summed E-state index contributed by atoms with van der Waals surface area (Å²) in [5.41, 5.74) is 2.24. The van der Waals surface area contributed by atoms with Crippen molar-refractivity contribution in [2.24, 2.45) is 0 Å². The van der Waals surface area contributed by atoms with E-state index in [-0.39, 0.29) is 12.5 Å². The minimum atomic E-state index is -0.566. The number of fused-ring (bicyclic) bond motifs is 1. The second-order valence-corrected chi connectivity index (χ2v) is 7.65. The van der Waals surface area contributed by atoms with Crippen molar-refractivity contribution in [3.8, 4) is 0 Å². The van der Waals surface area contributed by atoms with Crippen LogP contribution >= 0.6 is 15.9 Å². The van der Waals surface area contributed by atoms with Gasteiger partial charge in [0.1, 0.15) is 6.61 Å². The van der Waals surface area contributed by atoms with Crippen LogP contribution in [0.4, 0.5) is 10.5 Å². The Morgan fingerprint density at radius 3 is 2.65 bits per heavy atom. The van der Waals surface area contributed by atoms with Gasteiger partial charge in [-0.1, -0.05) is 52.3 Å². The Hall–Kier alpha value is -2.34. The zero-order chi connectivity index (χ0) is 18.7. The maximum Gasteiger partial charge on any atom is 0.407 e. The second kappa shape index (κ2) is 7.50. The SMILES string of the molecule is CC1(C)C(=O)N(CCNC(=O)OCc2ccccc2)c2cc(Br)ccc21. The predicted molar refractivity (Wildman–Crippen MR) is 104 cm³/mol. The molecule has 6 heteroatoms. The predicted octanol–water partition coefficient (Wildman–Crippen LogP) is 4.00. The normalized spacial score (nSPS) is 14.9. The summed E-state index contributed by atoms with van der Waals surface area (Å²) < 4.78 is 6.11. The Morgan fingerprint density at radius 2 is 1.92 bits per heavy atom. The van der Waals surface area contributed by atoms with Gasteiger partial charge in [-0.25, -0.2) is 4.79 Å². The number of rotatable bonds is 5. The highest BCUT2D eigenvalue weighted by Crippen LogP contribution is 2.42. The van der Waals surface area contributed by atoms with Crippen LogP contribution in [0.15, 0.2) is 53.0 Å². The second-order valence-electron chi connectivity index (χ2n) is 6.73. The Balaban J connectivity index is 1.56. The van der Waals surface area contributed by atoms with Gasteiger partial charge in [0.15, 0.2) is 0 Å². The molecule has 1 N–H and O–H groups in total. The number of anilines is 1. The van der Waals surface area contributed by atoms with Gasteiger partial charge in [0.2, 0.25) is 5.91 Å². The summed E-state index contributed by atoms with van der Waals surface area (Å²) in [7, 11) is 0. The van der Waals surface area contributed by atoms with Gasteiger partial charge in [-0.2, -0.15) is 0 Å². The average molecular weight is 417 g/mol. The summed E-state index contributed by atoms with van der Waals surface area (Å²) in [6.07, 6.45) is -0.491. The van der Waals surface area contributed by atoms with E-state index in [9.17, 15) is 9.59 Å². The van der Waals surface area contributed by atoms with Gasteiger partial charge in [-0.3, -0.25) is 4.79 Å². The lowest BCUT2D eigenvalue weighted by Crippen LogP contribution is -2.41. The van der Waals surface area contributed by atoms with Crippen LogP contribution in [-0.4, -0.2) is 25.1 Å². The van der Waals surface area contributed by atoms with E-state index in [1.807, 2.05) is 62.4 Å². The maximum absolute atomic E-state index is 12.7. The van der Waals surface area contributed by atoms with Crippen molar-refractivity contribution in [1.29, 1.82) is 0 Å². The van der Waals surface area contributed by atoms with Gasteiger partial charge in [0.05, 0.1) is 5.41 Å². The van der Waals surface area contributed by atoms with Gasteiger partial charge >= 0.3 is 6.09 Å². The molecule has 0 fully saturated rings. The number of carbonyl (C=O) groups is 2. The molecule has 0 atom stereocenters. The minimum Gasteiger partial charge on any atom is -0.445 e. The summed E-state index contributed by atoms with van der Waals surface area (Å²) in [5, 5.41) is 2.71. The minimum absolute atomic E-state index is 0.0325. The molecule has 2 aromatic rings. The lowest BCUT2D eigenvalue weighted by molar-refractivity contribution is -0.122. The van der Waals surface area contributed by atoms with E-state index < -0.39 is 11.5 Å². The molecule has 0 aliphatic carbocycles. The van der Waals surface area contributed by atoms with Gasteiger partial charge in [-0.15, -0.1) is 0 Å². The molecule has 1 aliphatic heterocycles. The monoisotopic (exact) mass is 416 g/mol. The Morgan fingerprint density at radius 1 is 1.19 bits per heavy atom. The molecule has 26 heavy (non-hydrogen) atoms. The average Bonchev–Trinajstić information content (AvgIpc) is 2.81. The molecule has 0 aromatic heterocycles. The first-order chi connectivity index (χ1) is 12.4. The first-order valence-corrected chi connectivity index (χ1v) is 9.25. The van der Waals surface area contributed by atoms with Crippen LogP contribution in [-0.2, 0) is 21.6 Å². The van der Waals surface area contributed by atoms with E-state index in [4.69, 9.17) is 4.74 Å². The fraction of sp³-hybridized carbons (Fsp3) is 0.300. The van der Waals surface area contributed by atoms with Gasteiger partial charge < -0.3 is 15.0 Å². The van der Waals surface area contributed by atoms with Crippen LogP contribution in [0.2, 0.25) is 0 Å². The van der Waals surface area contributed by atoms with Gasteiger partial charge in [-0.05, 0) is 37.1 Å². The largest absolute Gasteiger partial charge is 0.445 e. The van der Waals surface area contributed by atoms with Crippen LogP contribution in [0.25, 0.3) is 0 Å². The van der Waals surface area contributed by atoms with E-state index in [1.54, 1.807) is 4.90 Å². The Kier molecular flexibility index (Phi) is 5.32. The number of nitrogens with zero attached hydrogens (tertiary/aromatic N) is 1. The van der Waals surface area contributed by atoms with Crippen molar-refractivity contribution in [2.75, 3.05) is 18.0 Å². The summed E-state index contributed by atoms with van der Waals surface area (Å²) in [4.78, 5) is 26.3. The van der Waals surface area contributed by atoms with E-state index in [1.165, 1.54) is 0 Å². The zero-order valence-electron chi connectivity index (χ0n) is 14.8. The molecule has 0 bridgehead atoms. The molecule has 0 saturated carbocycles. The number of halogens is 1. The zero-order valence-corrected chi connectivity index (χ0v) is 16.4. The quantitative estimate of drug-likeness (QED) is 0.800. The van der Waals surface area contributed by atoms with E-state index in [0.717, 1.165) is 21.3 Å². The number of alkyl carbamates (subject to hydrolysis) is 1. The van der Waals surface area contributed by atoms with Crippen LogP contribution in [0.5, 0.6) is 0 Å². The van der Waals surface area contributed by atoms with Crippen LogP contribution < -0.4 is 10.2 Å². The molecule has 0 radical (unpaired) electrons. The molecule has 136 valence electrons. The smallest absolute Gasteiger partial charge is 0.407 e. The third-order valence-electron chi connectivity index (χ3n) is 4.52. The molecule has 1 aliphatic rings. The standard InChI is InChI=1S/C20H21BrN2O3/c1-20(2)16-9-8-15(21)12-17(16)23(18(20)24)11-10-22-19(25)26-13-14-6-4-3-5-7-14/h3-9,12H,10-11,13H2,1-2H3,(H,22,25). The number of ether oxygens (including phenoxy) is 1. The number of hydrogen-bond acceptors (Lipinski definition) is 3. The Labute approximate surface area is 161 Å². The molecular formula is C20H21BrN2O3. The Bertz CT molecular complexity index is 821. The van der Waals surface area contributed by atoms with Crippen molar-refractivity contribution in [3.05, 3.63) is 64.1 Å². The highest BCUT2D eigenvalue weighted by molar-refractivity contribution is 9.10. The fourth-order valence-corrected chi connectivity index (χ4v) is 3.43. The van der Waals surface area contributed by atoms with Gasteiger partial charge in [0.25, 0.3) is 0 Å². The number of hydrogen-bond donors (Lipinski definition) is 1. The van der Waals surface area contributed by atoms with E-state index in [2.05, 4.69) is 21.2 Å². The molecule has 2 amide bonds. The third kappa shape index (κ3) is 3.75. The molecule has 2 aromatic carbocycles. The van der Waals surface area contributed by atoms with Crippen LogP contribution in [0.1, 0.15) is 25.0 Å². The topological polar surface area (TPSA) is 58.6 Å². The number of amides is 2. The molecule has 3 rings (SSSR count). The highest BCUT2D eigenvalue weighted by Gasteiger charge is 2.43. The fourth-order valence-electron chi connectivity index (χ4n) is 3.08. The maximum atomic E-state index is 12.7. The summed E-state index contributed by atoms with van der Waals surface area (Å²) in [6, 6.07) is 15.3. The molecule has 5 nitrogen and oxygen atoms in total. The van der Waals surface area contributed by atoms with E-state index >= 15 is 0 Å². The third-order valence-corrected chi connectivity index (χ3v) is 5.01. The highest BCUT2D eigenvalue weighted by atomic mass is 79.9. The first-order valence-electron chi connectivity index (χ1n) is 8.46. The van der Waals surface area contributed by atoms with Crippen LogP contribution in [0.3, 0.4) is 0 Å². The summed E-state index contributed by atoms with van der Waals surface area (Å²) in [5.74, 6) is 0.0325. The van der Waals surface area contributed by atoms with Crippen molar-refractivity contribution in [2.45, 2.75) is 25.9 Å². The number of carbonyl (C=O) groups excluding carboxylic acids is 2. The van der Waals surface area contributed by atoms with Crippen molar-refractivity contribution >= 4 is 33.6 Å². The lowest BCUT2D eigenvalue weighted by atomic mass is 9.86. The molecule has 0 unspecified atom stereocenters. The molecular weight excluding hydrogens is 396 g/mol. The number of nitrogens with one attached hydrogen (secondary N) is 1. The van der Waals surface area contributed by atoms with Crippen LogP contribution in [0, 0.1) is 0 Å². The molecule has 0 spiro atoms. The lowest BCUT2D eigenvalue weighted by Gasteiger charge is -2.20. The number of benzene rings is 2. The first kappa shape index (κ1) is 18.5. The summed E-state index contributed by atoms with van der Waals surface area (Å²) in [6.45, 7) is 4.78. The molecule has 0 saturated heterocycles. The van der Waals surface area contributed by atoms with Crippen molar-refractivity contribution < 1.29 is 14.3 Å². The summed E-state index contributed by atoms with van der Waals surface area (Å²) >= 11 is 3.46. The van der Waals surface area contributed by atoms with Gasteiger partial charge in [0, 0.05) is 23.2 Å². The van der Waals surface area contributed by atoms with Crippen molar-refractivity contribution in [3.63, 3.8) is 0 Å². The molecule has 1 heterocycles. The van der Waals surface area contributed by atoms with E-state index in [0.29, 0.717) is 13.1 Å². The van der Waals surface area contributed by atoms with Crippen molar-refractivity contribution in [1.82, 2.24) is 5.32 Å².